The zero-order valence-corrected chi connectivity index (χ0v) is 12.6. The Morgan fingerprint density at radius 3 is 2.71 bits per heavy atom. The van der Waals surface area contributed by atoms with Crippen LogP contribution in [0.25, 0.3) is 0 Å². The van der Waals surface area contributed by atoms with Crippen LogP contribution in [0.3, 0.4) is 0 Å². The summed E-state index contributed by atoms with van der Waals surface area (Å²) >= 11 is 0. The number of hydrogen-bond donors (Lipinski definition) is 6. The molecule has 1 aromatic heterocycles. The SMILES string of the molecule is N=NC(=C[NH2+]c1ccc(Nc2nc(N)ncc2C(N)=O)cc1)CO. The van der Waals surface area contributed by atoms with Crippen LogP contribution in [0.4, 0.5) is 23.1 Å². The second-order valence-corrected chi connectivity index (χ2v) is 4.70. The maximum Gasteiger partial charge on any atom is 0.254 e. The standard InChI is InChI=1S/C14H16N8O2/c15-12(24)11-6-19-14(16)21-13(11)20-9-3-1-8(2-4-9)18-5-10(7-23)22-17/h1-6,17-18,23H,7H2,(H2,15,24)(H3,16,19,20,21)/p+1. The molecule has 2 rings (SSSR count). The minimum Gasteiger partial charge on any atom is -0.390 e. The van der Waals surface area contributed by atoms with Gasteiger partial charge in [0.05, 0.1) is 6.61 Å². The zero-order chi connectivity index (χ0) is 17.5. The van der Waals surface area contributed by atoms with E-state index in [9.17, 15) is 4.79 Å². The van der Waals surface area contributed by atoms with Crippen molar-refractivity contribution in [2.75, 3.05) is 17.7 Å². The third kappa shape index (κ3) is 4.32. The van der Waals surface area contributed by atoms with Crippen LogP contribution < -0.4 is 22.1 Å². The van der Waals surface area contributed by atoms with Crippen molar-refractivity contribution >= 4 is 29.0 Å². The lowest BCUT2D eigenvalue weighted by molar-refractivity contribution is -0.497. The summed E-state index contributed by atoms with van der Waals surface area (Å²) in [7, 11) is 0. The number of aliphatic hydroxyl groups excluding tert-OH is 1. The summed E-state index contributed by atoms with van der Waals surface area (Å²) in [5.41, 5.74) is 19.6. The Balaban J connectivity index is 2.15. The maximum absolute atomic E-state index is 11.4. The Hall–Kier alpha value is -3.37. The van der Waals surface area contributed by atoms with Crippen LogP contribution in [0.2, 0.25) is 0 Å². The molecule has 0 fully saturated rings. The minimum atomic E-state index is -0.664. The Morgan fingerprint density at radius 1 is 1.42 bits per heavy atom. The van der Waals surface area contributed by atoms with Gasteiger partial charge < -0.3 is 21.9 Å². The number of nitrogens with two attached hydrogens (primary N) is 3. The number of aromatic nitrogens is 2. The highest BCUT2D eigenvalue weighted by Crippen LogP contribution is 2.19. The molecule has 0 radical (unpaired) electrons. The first-order chi connectivity index (χ1) is 11.5. The molecular formula is C14H17N8O2+. The van der Waals surface area contributed by atoms with Crippen LogP contribution >= 0.6 is 0 Å². The highest BCUT2D eigenvalue weighted by atomic mass is 16.3. The van der Waals surface area contributed by atoms with Crippen molar-refractivity contribution in [3.63, 3.8) is 0 Å². The summed E-state index contributed by atoms with van der Waals surface area (Å²) in [5, 5.41) is 16.8. The number of quaternary nitrogens is 1. The van der Waals surface area contributed by atoms with E-state index in [0.717, 1.165) is 5.69 Å². The van der Waals surface area contributed by atoms with Crippen LogP contribution in [-0.4, -0.2) is 27.6 Å². The number of nitrogen functional groups attached to an aromatic ring is 1. The third-order valence-corrected chi connectivity index (χ3v) is 3.02. The first kappa shape index (κ1) is 17.0. The summed E-state index contributed by atoms with van der Waals surface area (Å²) in [5.74, 6) is -0.418. The number of hydrogen-bond acceptors (Lipinski definition) is 8. The van der Waals surface area contributed by atoms with Crippen molar-refractivity contribution in [3.8, 4) is 0 Å². The average molecular weight is 329 g/mol. The Morgan fingerprint density at radius 2 is 2.12 bits per heavy atom. The van der Waals surface area contributed by atoms with Gasteiger partial charge in [0.15, 0.2) is 0 Å². The van der Waals surface area contributed by atoms with E-state index in [4.69, 9.17) is 22.1 Å². The molecule has 0 saturated heterocycles. The molecule has 0 saturated carbocycles. The van der Waals surface area contributed by atoms with Crippen molar-refractivity contribution in [2.24, 2.45) is 10.8 Å². The van der Waals surface area contributed by atoms with Crippen LogP contribution in [0.5, 0.6) is 0 Å². The smallest absolute Gasteiger partial charge is 0.254 e. The van der Waals surface area contributed by atoms with Crippen molar-refractivity contribution in [3.05, 3.63) is 47.9 Å². The normalized spacial score (nSPS) is 11.1. The van der Waals surface area contributed by atoms with E-state index >= 15 is 0 Å². The van der Waals surface area contributed by atoms with Crippen molar-refractivity contribution < 1.29 is 15.2 Å². The second kappa shape index (κ2) is 7.76. The molecule has 1 heterocycles. The average Bonchev–Trinajstić information content (AvgIpc) is 2.57. The predicted octanol–water partition coefficient (Wildman–Crippen LogP) is -0.0391. The number of amides is 1. The number of nitrogens with one attached hydrogen (secondary N) is 2. The van der Waals surface area contributed by atoms with E-state index in [1.165, 1.54) is 6.20 Å². The molecule has 0 bridgehead atoms. The van der Waals surface area contributed by atoms with Gasteiger partial charge in [-0.1, -0.05) is 0 Å². The fraction of sp³-hybridized carbons (Fsp3) is 0.0714. The summed E-state index contributed by atoms with van der Waals surface area (Å²) in [6, 6.07) is 7.12. The Bertz CT molecular complexity index is 773. The molecule has 0 aliphatic carbocycles. The second-order valence-electron chi connectivity index (χ2n) is 4.70. The van der Waals surface area contributed by atoms with Crippen molar-refractivity contribution in [1.82, 2.24) is 9.97 Å². The van der Waals surface area contributed by atoms with E-state index in [0.29, 0.717) is 5.69 Å². The van der Waals surface area contributed by atoms with Gasteiger partial charge in [-0.25, -0.2) is 10.5 Å². The van der Waals surface area contributed by atoms with Gasteiger partial charge >= 0.3 is 0 Å². The number of primary amides is 1. The van der Waals surface area contributed by atoms with Crippen LogP contribution in [0, 0.1) is 5.53 Å². The van der Waals surface area contributed by atoms with Gasteiger partial charge in [-0.05, 0) is 12.1 Å². The topological polar surface area (TPSA) is 180 Å². The zero-order valence-electron chi connectivity index (χ0n) is 12.6. The number of carbonyl (C=O) groups excluding carboxylic acids is 1. The lowest BCUT2D eigenvalue weighted by Crippen LogP contribution is -2.71. The quantitative estimate of drug-likeness (QED) is 0.306. The predicted molar refractivity (Wildman–Crippen MR) is 86.6 cm³/mol. The molecule has 0 aliphatic rings. The number of carbonyl (C=O) groups is 1. The molecule has 10 heteroatoms. The van der Waals surface area contributed by atoms with Crippen LogP contribution in [-0.2, 0) is 0 Å². The summed E-state index contributed by atoms with van der Waals surface area (Å²) in [6.07, 6.45) is 2.81. The molecule has 0 unspecified atom stereocenters. The third-order valence-electron chi connectivity index (χ3n) is 3.02. The molecule has 24 heavy (non-hydrogen) atoms. The number of rotatable bonds is 7. The van der Waals surface area contributed by atoms with Gasteiger partial charge in [0.25, 0.3) is 5.91 Å². The monoisotopic (exact) mass is 329 g/mol. The van der Waals surface area contributed by atoms with Crippen molar-refractivity contribution in [2.45, 2.75) is 0 Å². The van der Waals surface area contributed by atoms with Crippen LogP contribution in [0.1, 0.15) is 10.4 Å². The highest BCUT2D eigenvalue weighted by Gasteiger charge is 2.11. The van der Waals surface area contributed by atoms with Gasteiger partial charge in [-0.15, -0.1) is 0 Å². The minimum absolute atomic E-state index is 0.0215. The van der Waals surface area contributed by atoms with E-state index in [1.54, 1.807) is 35.8 Å². The van der Waals surface area contributed by atoms with Gasteiger partial charge in [-0.3, -0.25) is 10.1 Å². The first-order valence-corrected chi connectivity index (χ1v) is 6.85. The number of aliphatic hydroxyl groups is 1. The molecule has 10 nitrogen and oxygen atoms in total. The number of benzene rings is 1. The van der Waals surface area contributed by atoms with Gasteiger partial charge in [0.2, 0.25) is 5.95 Å². The molecule has 0 atom stereocenters. The summed E-state index contributed by atoms with van der Waals surface area (Å²) < 4.78 is 0. The number of nitrogens with zero attached hydrogens (tertiary/aromatic N) is 3. The lowest BCUT2D eigenvalue weighted by Gasteiger charge is -2.09. The largest absolute Gasteiger partial charge is 0.390 e. The molecule has 0 spiro atoms. The molecule has 9 N–H and O–H groups in total. The summed E-state index contributed by atoms with van der Waals surface area (Å²) in [6.45, 7) is -0.301. The Labute approximate surface area is 137 Å². The maximum atomic E-state index is 11.4. The van der Waals surface area contributed by atoms with E-state index in [1.807, 2.05) is 0 Å². The van der Waals surface area contributed by atoms with Gasteiger partial charge in [0.1, 0.15) is 29.0 Å². The summed E-state index contributed by atoms with van der Waals surface area (Å²) in [4.78, 5) is 19.1. The van der Waals surface area contributed by atoms with Crippen LogP contribution in [0.15, 0.2) is 47.5 Å². The fourth-order valence-corrected chi connectivity index (χ4v) is 1.80. The molecule has 1 amide bonds. The van der Waals surface area contributed by atoms with Gasteiger partial charge in [0, 0.05) is 24.0 Å². The molecule has 2 aromatic rings. The highest BCUT2D eigenvalue weighted by molar-refractivity contribution is 5.98. The molecule has 124 valence electrons. The molecule has 0 aliphatic heterocycles. The van der Waals surface area contributed by atoms with E-state index in [-0.39, 0.29) is 29.6 Å². The Kier molecular flexibility index (Phi) is 5.49. The lowest BCUT2D eigenvalue weighted by atomic mass is 10.2. The van der Waals surface area contributed by atoms with Crippen molar-refractivity contribution in [1.29, 1.82) is 5.53 Å². The van der Waals surface area contributed by atoms with E-state index < -0.39 is 5.91 Å². The fourth-order valence-electron chi connectivity index (χ4n) is 1.80. The van der Waals surface area contributed by atoms with E-state index in [2.05, 4.69) is 20.4 Å². The van der Waals surface area contributed by atoms with Gasteiger partial charge in [-0.2, -0.15) is 10.1 Å². The molecule has 1 aromatic carbocycles. The molecular weight excluding hydrogens is 312 g/mol. The number of anilines is 3. The first-order valence-electron chi connectivity index (χ1n) is 6.85.